The fourth-order valence-electron chi connectivity index (χ4n) is 2.49. The minimum atomic E-state index is -3.63. The van der Waals surface area contributed by atoms with Crippen molar-refractivity contribution in [2.24, 2.45) is 0 Å². The highest BCUT2D eigenvalue weighted by Gasteiger charge is 2.16. The third kappa shape index (κ3) is 7.29. The highest BCUT2D eigenvalue weighted by molar-refractivity contribution is 9.10. The third-order valence-electron chi connectivity index (χ3n) is 4.14. The number of hydrogen-bond acceptors (Lipinski definition) is 4. The Morgan fingerprint density at radius 1 is 1.21 bits per heavy atom. The lowest BCUT2D eigenvalue weighted by atomic mass is 10.1. The van der Waals surface area contributed by atoms with Gasteiger partial charge in [-0.15, -0.1) is 0 Å². The number of unbranched alkanes of at least 4 members (excludes halogenated alkanes) is 1. The molecular weight excluding hydrogens is 480 g/mol. The Morgan fingerprint density at radius 2 is 1.90 bits per heavy atom. The van der Waals surface area contributed by atoms with E-state index in [1.807, 2.05) is 38.1 Å². The molecule has 0 spiro atoms. The fraction of sp³-hybridized carbons (Fsp3) is 0.350. The molecule has 6 nitrogen and oxygen atoms in total. The molecule has 2 rings (SSSR count). The topological polar surface area (TPSA) is 84.5 Å². The maximum atomic E-state index is 12.2. The first-order valence-electron chi connectivity index (χ1n) is 9.19. The van der Waals surface area contributed by atoms with E-state index in [1.165, 1.54) is 18.2 Å². The average Bonchev–Trinajstić information content (AvgIpc) is 2.67. The van der Waals surface area contributed by atoms with Gasteiger partial charge in [-0.3, -0.25) is 4.79 Å². The van der Waals surface area contributed by atoms with Crippen molar-refractivity contribution >= 4 is 43.5 Å². The van der Waals surface area contributed by atoms with E-state index in [1.54, 1.807) is 0 Å². The first kappa shape index (κ1) is 23.7. The number of nitrogens with one attached hydrogen (secondary N) is 2. The quantitative estimate of drug-likeness (QED) is 0.470. The zero-order chi connectivity index (χ0) is 21.4. The second-order valence-corrected chi connectivity index (χ2v) is 9.56. The third-order valence-corrected chi connectivity index (χ3v) is 6.43. The summed E-state index contributed by atoms with van der Waals surface area (Å²) in [5.41, 5.74) is 0.963. The molecule has 9 heteroatoms. The van der Waals surface area contributed by atoms with Crippen molar-refractivity contribution in [2.45, 2.75) is 37.6 Å². The Hall–Kier alpha value is -1.61. The second-order valence-electron chi connectivity index (χ2n) is 6.47. The largest absolute Gasteiger partial charge is 0.482 e. The fourth-order valence-corrected chi connectivity index (χ4v) is 4.16. The highest BCUT2D eigenvalue weighted by atomic mass is 79.9. The first-order valence-corrected chi connectivity index (χ1v) is 11.8. The van der Waals surface area contributed by atoms with Crippen LogP contribution in [0.3, 0.4) is 0 Å². The minimum Gasteiger partial charge on any atom is -0.482 e. The number of sulfonamides is 1. The van der Waals surface area contributed by atoms with Crippen LogP contribution in [0.2, 0.25) is 5.02 Å². The summed E-state index contributed by atoms with van der Waals surface area (Å²) in [6.07, 6.45) is 1.64. The predicted octanol–water partition coefficient (Wildman–Crippen LogP) is 4.44. The molecule has 0 aliphatic carbocycles. The normalized spacial score (nSPS) is 12.4. The van der Waals surface area contributed by atoms with Crippen molar-refractivity contribution < 1.29 is 17.9 Å². The molecule has 0 saturated carbocycles. The molecule has 29 heavy (non-hydrogen) atoms. The Kier molecular flexibility index (Phi) is 8.95. The van der Waals surface area contributed by atoms with Gasteiger partial charge in [0.05, 0.1) is 16.0 Å². The van der Waals surface area contributed by atoms with E-state index < -0.39 is 10.0 Å². The van der Waals surface area contributed by atoms with Crippen LogP contribution in [0.1, 0.15) is 38.3 Å². The van der Waals surface area contributed by atoms with Crippen LogP contribution < -0.4 is 14.8 Å². The molecule has 0 heterocycles. The van der Waals surface area contributed by atoms with Crippen LogP contribution in [-0.2, 0) is 14.8 Å². The Labute approximate surface area is 185 Å². The molecule has 0 saturated heterocycles. The number of amides is 1. The van der Waals surface area contributed by atoms with Gasteiger partial charge in [0.1, 0.15) is 5.75 Å². The molecule has 2 aromatic carbocycles. The predicted molar refractivity (Wildman–Crippen MR) is 118 cm³/mol. The van der Waals surface area contributed by atoms with Crippen molar-refractivity contribution in [1.29, 1.82) is 0 Å². The summed E-state index contributed by atoms with van der Waals surface area (Å²) in [5, 5.41) is 2.96. The van der Waals surface area contributed by atoms with Crippen molar-refractivity contribution in [1.82, 2.24) is 10.0 Å². The number of hydrogen-bond donors (Lipinski definition) is 2. The van der Waals surface area contributed by atoms with Gasteiger partial charge in [0.2, 0.25) is 10.0 Å². The summed E-state index contributed by atoms with van der Waals surface area (Å²) < 4.78 is 33.4. The highest BCUT2D eigenvalue weighted by Crippen LogP contribution is 2.27. The molecule has 0 aliphatic heterocycles. The van der Waals surface area contributed by atoms with Gasteiger partial charge < -0.3 is 10.1 Å². The van der Waals surface area contributed by atoms with E-state index in [0.29, 0.717) is 6.54 Å². The van der Waals surface area contributed by atoms with Crippen molar-refractivity contribution in [2.75, 3.05) is 13.2 Å². The van der Waals surface area contributed by atoms with Crippen LogP contribution >= 0.6 is 27.5 Å². The molecule has 0 radical (unpaired) electrons. The van der Waals surface area contributed by atoms with Crippen molar-refractivity contribution in [3.8, 4) is 5.75 Å². The SMILES string of the molecule is CCCCNS(=O)(=O)c1ccc(OCC(=O)N[C@@H](C)c2ccc(Br)cc2)c(Cl)c1. The average molecular weight is 504 g/mol. The van der Waals surface area contributed by atoms with E-state index >= 15 is 0 Å². The van der Waals surface area contributed by atoms with Gasteiger partial charge in [-0.2, -0.15) is 0 Å². The molecule has 1 amide bonds. The van der Waals surface area contributed by atoms with E-state index in [-0.39, 0.29) is 34.2 Å². The van der Waals surface area contributed by atoms with Crippen LogP contribution in [0.25, 0.3) is 0 Å². The molecule has 0 fully saturated rings. The molecule has 2 N–H and O–H groups in total. The molecule has 0 bridgehead atoms. The number of carbonyl (C=O) groups excluding carboxylic acids is 1. The molecular formula is C20H24BrClN2O4S. The van der Waals surface area contributed by atoms with Crippen molar-refractivity contribution in [3.63, 3.8) is 0 Å². The molecule has 1 atom stereocenters. The zero-order valence-electron chi connectivity index (χ0n) is 16.2. The smallest absolute Gasteiger partial charge is 0.258 e. The van der Waals surface area contributed by atoms with Gasteiger partial charge in [0, 0.05) is 11.0 Å². The van der Waals surface area contributed by atoms with Gasteiger partial charge in [0.15, 0.2) is 6.61 Å². The van der Waals surface area contributed by atoms with Crippen molar-refractivity contribution in [3.05, 3.63) is 57.5 Å². The van der Waals surface area contributed by atoms with Crippen LogP contribution in [-0.4, -0.2) is 27.5 Å². The van der Waals surface area contributed by atoms with Gasteiger partial charge >= 0.3 is 0 Å². The van der Waals surface area contributed by atoms with Crippen LogP contribution in [0.4, 0.5) is 0 Å². The summed E-state index contributed by atoms with van der Waals surface area (Å²) in [6, 6.07) is 11.6. The van der Waals surface area contributed by atoms with Gasteiger partial charge in [-0.05, 0) is 49.2 Å². The van der Waals surface area contributed by atoms with Crippen LogP contribution in [0.5, 0.6) is 5.75 Å². The van der Waals surface area contributed by atoms with Gasteiger partial charge in [-0.1, -0.05) is 53.0 Å². The molecule has 2 aromatic rings. The van der Waals surface area contributed by atoms with E-state index in [4.69, 9.17) is 16.3 Å². The zero-order valence-corrected chi connectivity index (χ0v) is 19.4. The molecule has 0 unspecified atom stereocenters. The number of halogens is 2. The Bertz CT molecular complexity index is 936. The van der Waals surface area contributed by atoms with E-state index in [0.717, 1.165) is 22.9 Å². The standard InChI is InChI=1S/C20H24BrClN2O4S/c1-3-4-11-23-29(26,27)17-9-10-19(18(22)12-17)28-13-20(25)24-14(2)15-5-7-16(21)8-6-15/h5-10,12,14,23H,3-4,11,13H2,1-2H3,(H,24,25)/t14-/m0/s1. The summed E-state index contributed by atoms with van der Waals surface area (Å²) in [6.45, 7) is 3.99. The van der Waals surface area contributed by atoms with Gasteiger partial charge in [0.25, 0.3) is 5.91 Å². The van der Waals surface area contributed by atoms with E-state index in [9.17, 15) is 13.2 Å². The maximum Gasteiger partial charge on any atom is 0.258 e. The Morgan fingerprint density at radius 3 is 2.52 bits per heavy atom. The van der Waals surface area contributed by atoms with E-state index in [2.05, 4.69) is 26.0 Å². The molecule has 158 valence electrons. The molecule has 0 aromatic heterocycles. The second kappa shape index (κ2) is 11.0. The molecule has 0 aliphatic rings. The first-order chi connectivity index (χ1) is 13.7. The summed E-state index contributed by atoms with van der Waals surface area (Å²) in [7, 11) is -3.63. The number of rotatable bonds is 10. The number of carbonyl (C=O) groups is 1. The summed E-state index contributed by atoms with van der Waals surface area (Å²) >= 11 is 9.52. The summed E-state index contributed by atoms with van der Waals surface area (Å²) in [5.74, 6) is -0.0694. The lowest BCUT2D eigenvalue weighted by molar-refractivity contribution is -0.123. The monoisotopic (exact) mass is 502 g/mol. The lowest BCUT2D eigenvalue weighted by Gasteiger charge is -2.15. The van der Waals surface area contributed by atoms with Gasteiger partial charge in [-0.25, -0.2) is 13.1 Å². The Balaban J connectivity index is 1.93. The summed E-state index contributed by atoms with van der Waals surface area (Å²) in [4.78, 5) is 12.2. The van der Waals surface area contributed by atoms with Crippen LogP contribution in [0.15, 0.2) is 51.8 Å². The number of ether oxygens (including phenoxy) is 1. The maximum absolute atomic E-state index is 12.2. The lowest BCUT2D eigenvalue weighted by Crippen LogP contribution is -2.31. The van der Waals surface area contributed by atoms with Crippen LogP contribution in [0, 0.1) is 0 Å². The number of benzene rings is 2. The minimum absolute atomic E-state index is 0.0549.